The molecule has 0 saturated carbocycles. The molecule has 0 saturated heterocycles. The normalized spacial score (nSPS) is 12.8. The van der Waals surface area contributed by atoms with Gasteiger partial charge in [-0.15, -0.1) is 0 Å². The molecule has 2 atom stereocenters. The Morgan fingerprint density at radius 3 is 2.10 bits per heavy atom. The zero-order valence-electron chi connectivity index (χ0n) is 16.0. The van der Waals surface area contributed by atoms with Gasteiger partial charge < -0.3 is 10.4 Å². The summed E-state index contributed by atoms with van der Waals surface area (Å²) in [5, 5.41) is 13.2. The number of halogens is 1. The van der Waals surface area contributed by atoms with Crippen LogP contribution in [0.5, 0.6) is 0 Å². The topological polar surface area (TPSA) is 66.4 Å². The number of carbonyl (C=O) groups excluding carboxylic acids is 1. The van der Waals surface area contributed by atoms with E-state index >= 15 is 0 Å². The third-order valence-corrected chi connectivity index (χ3v) is 5.16. The Morgan fingerprint density at radius 2 is 1.55 bits per heavy atom. The van der Waals surface area contributed by atoms with Gasteiger partial charge in [-0.1, -0.05) is 54.1 Å². The Balaban J connectivity index is 1.95. The maximum absolute atomic E-state index is 12.6. The van der Waals surface area contributed by atoms with Crippen LogP contribution in [0, 0.1) is 5.92 Å². The summed E-state index contributed by atoms with van der Waals surface area (Å²) in [6.45, 7) is 1.60. The van der Waals surface area contributed by atoms with Crippen LogP contribution in [-0.2, 0) is 11.2 Å². The maximum atomic E-state index is 12.6. The van der Waals surface area contributed by atoms with E-state index in [1.54, 1.807) is 43.3 Å². The van der Waals surface area contributed by atoms with E-state index in [1.807, 2.05) is 42.5 Å². The van der Waals surface area contributed by atoms with E-state index in [-0.39, 0.29) is 23.3 Å². The number of hydrogen-bond donors (Lipinski definition) is 2. The first-order valence-electron chi connectivity index (χ1n) is 9.34. The van der Waals surface area contributed by atoms with Crippen molar-refractivity contribution < 1.29 is 14.7 Å². The van der Waals surface area contributed by atoms with Gasteiger partial charge >= 0.3 is 5.97 Å². The first-order valence-corrected chi connectivity index (χ1v) is 9.71. The minimum absolute atomic E-state index is 0.0726. The van der Waals surface area contributed by atoms with Crippen LogP contribution >= 0.6 is 11.6 Å². The second kappa shape index (κ2) is 9.39. The van der Waals surface area contributed by atoms with Gasteiger partial charge in [0.05, 0.1) is 11.6 Å². The molecule has 2 N–H and O–H groups in total. The van der Waals surface area contributed by atoms with E-state index in [4.69, 9.17) is 16.7 Å². The highest BCUT2D eigenvalue weighted by Crippen LogP contribution is 2.31. The minimum Gasteiger partial charge on any atom is -0.478 e. The highest BCUT2D eigenvalue weighted by Gasteiger charge is 2.27. The fraction of sp³-hybridized carbons (Fsp3) is 0.167. The van der Waals surface area contributed by atoms with Gasteiger partial charge in [0, 0.05) is 16.6 Å². The molecule has 0 bridgehead atoms. The van der Waals surface area contributed by atoms with Crippen molar-refractivity contribution in [2.75, 3.05) is 5.32 Å². The van der Waals surface area contributed by atoms with Gasteiger partial charge in [-0.3, -0.25) is 4.79 Å². The molecule has 29 heavy (non-hydrogen) atoms. The van der Waals surface area contributed by atoms with Crippen molar-refractivity contribution in [3.63, 3.8) is 0 Å². The van der Waals surface area contributed by atoms with Crippen molar-refractivity contribution in [3.05, 3.63) is 101 Å². The van der Waals surface area contributed by atoms with Crippen molar-refractivity contribution in [2.24, 2.45) is 5.92 Å². The second-order valence-electron chi connectivity index (χ2n) is 6.96. The Morgan fingerprint density at radius 1 is 0.931 bits per heavy atom. The molecule has 0 aromatic heterocycles. The molecule has 0 amide bonds. The van der Waals surface area contributed by atoms with Crippen molar-refractivity contribution in [3.8, 4) is 0 Å². The van der Waals surface area contributed by atoms with Crippen molar-refractivity contribution in [1.29, 1.82) is 0 Å². The molecule has 0 spiro atoms. The molecular formula is C24H22ClNO3. The van der Waals surface area contributed by atoms with Gasteiger partial charge in [0.15, 0.2) is 0 Å². The highest BCUT2D eigenvalue weighted by molar-refractivity contribution is 6.30. The highest BCUT2D eigenvalue weighted by atomic mass is 35.5. The Labute approximate surface area is 175 Å². The smallest absolute Gasteiger partial charge is 0.335 e. The molecule has 3 rings (SSSR count). The number of nitrogens with one attached hydrogen (secondary N) is 1. The molecule has 3 aromatic rings. The first-order chi connectivity index (χ1) is 13.9. The molecule has 5 heteroatoms. The lowest BCUT2D eigenvalue weighted by atomic mass is 9.85. The SMILES string of the molecule is CC(=O)C(Cc1ccccc1)C(Nc1ccc(C(=O)O)cc1)c1ccc(Cl)cc1. The lowest BCUT2D eigenvalue weighted by Crippen LogP contribution is -2.28. The van der Waals surface area contributed by atoms with Crippen LogP contribution in [0.15, 0.2) is 78.9 Å². The van der Waals surface area contributed by atoms with Gasteiger partial charge in [0.2, 0.25) is 0 Å². The summed E-state index contributed by atoms with van der Waals surface area (Å²) in [6.07, 6.45) is 0.587. The molecular weight excluding hydrogens is 386 g/mol. The van der Waals surface area contributed by atoms with Gasteiger partial charge in [-0.25, -0.2) is 4.79 Å². The molecule has 4 nitrogen and oxygen atoms in total. The fourth-order valence-electron chi connectivity index (χ4n) is 3.34. The van der Waals surface area contributed by atoms with Gasteiger partial charge in [0.1, 0.15) is 5.78 Å². The standard InChI is InChI=1S/C24H22ClNO3/c1-16(27)22(15-17-5-3-2-4-6-17)23(18-7-11-20(25)12-8-18)26-21-13-9-19(10-14-21)24(28)29/h2-14,22-23,26H,15H2,1H3,(H,28,29). The van der Waals surface area contributed by atoms with Crippen LogP contribution in [-0.4, -0.2) is 16.9 Å². The number of benzene rings is 3. The quantitative estimate of drug-likeness (QED) is 0.507. The summed E-state index contributed by atoms with van der Waals surface area (Å²) < 4.78 is 0. The van der Waals surface area contributed by atoms with Crippen LogP contribution < -0.4 is 5.32 Å². The third-order valence-electron chi connectivity index (χ3n) is 4.91. The van der Waals surface area contributed by atoms with Crippen LogP contribution in [0.1, 0.15) is 34.5 Å². The fourth-order valence-corrected chi connectivity index (χ4v) is 3.47. The van der Waals surface area contributed by atoms with Gasteiger partial charge in [-0.05, 0) is 60.9 Å². The third kappa shape index (κ3) is 5.46. The minimum atomic E-state index is -0.975. The average molecular weight is 408 g/mol. The van der Waals surface area contributed by atoms with E-state index in [2.05, 4.69) is 5.32 Å². The van der Waals surface area contributed by atoms with E-state index in [0.717, 1.165) is 16.8 Å². The molecule has 3 aromatic carbocycles. The molecule has 0 radical (unpaired) electrons. The predicted octanol–water partition coefficient (Wildman–Crippen LogP) is 5.64. The number of aromatic carboxylic acids is 1. The lowest BCUT2D eigenvalue weighted by Gasteiger charge is -2.28. The Bertz CT molecular complexity index is 969. The summed E-state index contributed by atoms with van der Waals surface area (Å²) in [7, 11) is 0. The van der Waals surface area contributed by atoms with Gasteiger partial charge in [-0.2, -0.15) is 0 Å². The zero-order valence-corrected chi connectivity index (χ0v) is 16.8. The molecule has 0 heterocycles. The van der Waals surface area contributed by atoms with Crippen LogP contribution in [0.25, 0.3) is 0 Å². The number of hydrogen-bond acceptors (Lipinski definition) is 3. The van der Waals surface area contributed by atoms with Crippen LogP contribution in [0.4, 0.5) is 5.69 Å². The lowest BCUT2D eigenvalue weighted by molar-refractivity contribution is -0.121. The van der Waals surface area contributed by atoms with Gasteiger partial charge in [0.25, 0.3) is 0 Å². The number of rotatable bonds is 8. The summed E-state index contributed by atoms with van der Waals surface area (Å²) in [5.74, 6) is -1.21. The Kier molecular flexibility index (Phi) is 6.68. The molecule has 148 valence electrons. The number of carboxylic acids is 1. The molecule has 0 aliphatic heterocycles. The average Bonchev–Trinajstić information content (AvgIpc) is 2.72. The summed E-state index contributed by atoms with van der Waals surface area (Å²) in [6, 6.07) is 23.5. The van der Waals surface area contributed by atoms with E-state index in [0.29, 0.717) is 11.4 Å². The molecule has 2 unspecified atom stereocenters. The van der Waals surface area contributed by atoms with Crippen molar-refractivity contribution in [2.45, 2.75) is 19.4 Å². The maximum Gasteiger partial charge on any atom is 0.335 e. The Hall–Kier alpha value is -3.11. The van der Waals surface area contributed by atoms with E-state index < -0.39 is 5.97 Å². The second-order valence-corrected chi connectivity index (χ2v) is 7.40. The number of Topliss-reactive ketones (excluding diaryl/α,β-unsaturated/α-hetero) is 1. The van der Waals surface area contributed by atoms with E-state index in [1.165, 1.54) is 0 Å². The number of anilines is 1. The zero-order chi connectivity index (χ0) is 20.8. The van der Waals surface area contributed by atoms with Crippen LogP contribution in [0.3, 0.4) is 0 Å². The number of ketones is 1. The largest absolute Gasteiger partial charge is 0.478 e. The summed E-state index contributed by atoms with van der Waals surface area (Å²) >= 11 is 6.05. The molecule has 0 fully saturated rings. The summed E-state index contributed by atoms with van der Waals surface area (Å²) in [4.78, 5) is 23.7. The number of carboxylic acid groups (broad SMARTS) is 1. The monoisotopic (exact) mass is 407 g/mol. The van der Waals surface area contributed by atoms with E-state index in [9.17, 15) is 9.59 Å². The molecule has 0 aliphatic rings. The van der Waals surface area contributed by atoms with Crippen molar-refractivity contribution >= 4 is 29.0 Å². The first kappa shape index (κ1) is 20.6. The van der Waals surface area contributed by atoms with Crippen molar-refractivity contribution in [1.82, 2.24) is 0 Å². The molecule has 0 aliphatic carbocycles. The van der Waals surface area contributed by atoms with Crippen LogP contribution in [0.2, 0.25) is 5.02 Å². The predicted molar refractivity (Wildman–Crippen MR) is 116 cm³/mol. The summed E-state index contributed by atoms with van der Waals surface area (Å²) in [5.41, 5.74) is 2.97. The number of carbonyl (C=O) groups is 2.